The summed E-state index contributed by atoms with van der Waals surface area (Å²) in [4.78, 5) is 2.44. The number of nitrogens with zero attached hydrogens (tertiary/aromatic N) is 1. The molecule has 2 atom stereocenters. The monoisotopic (exact) mass is 344 g/mol. The molecule has 0 spiro atoms. The summed E-state index contributed by atoms with van der Waals surface area (Å²) >= 11 is 9.99. The van der Waals surface area contributed by atoms with E-state index in [-0.39, 0.29) is 0 Å². The van der Waals surface area contributed by atoms with Gasteiger partial charge in [0.1, 0.15) is 0 Å². The van der Waals surface area contributed by atoms with Gasteiger partial charge in [0.15, 0.2) is 0 Å². The molecule has 0 amide bonds. The van der Waals surface area contributed by atoms with E-state index in [1.165, 1.54) is 18.4 Å². The van der Waals surface area contributed by atoms with Gasteiger partial charge in [0.05, 0.1) is 0 Å². The molecule has 0 aliphatic carbocycles. The quantitative estimate of drug-likeness (QED) is 0.884. The first kappa shape index (κ1) is 15.3. The van der Waals surface area contributed by atoms with Crippen molar-refractivity contribution in [3.05, 3.63) is 33.3 Å². The lowest BCUT2D eigenvalue weighted by molar-refractivity contribution is 0.120. The fourth-order valence-electron chi connectivity index (χ4n) is 3.04. The van der Waals surface area contributed by atoms with E-state index >= 15 is 0 Å². The third-order valence-corrected chi connectivity index (χ3v) is 4.78. The highest BCUT2D eigenvalue weighted by Crippen LogP contribution is 2.38. The summed E-state index contributed by atoms with van der Waals surface area (Å²) in [6.07, 6.45) is 2.54. The van der Waals surface area contributed by atoms with Crippen LogP contribution in [0.5, 0.6) is 0 Å². The molecule has 2 nitrogen and oxygen atoms in total. The molecule has 0 radical (unpaired) electrons. The van der Waals surface area contributed by atoms with E-state index in [1.54, 1.807) is 0 Å². The zero-order valence-electron chi connectivity index (χ0n) is 11.6. The van der Waals surface area contributed by atoms with E-state index in [1.807, 2.05) is 12.1 Å². The van der Waals surface area contributed by atoms with Gasteiger partial charge in [-0.2, -0.15) is 0 Å². The number of halogens is 2. The lowest BCUT2D eigenvalue weighted by Crippen LogP contribution is -2.40. The van der Waals surface area contributed by atoms with E-state index < -0.39 is 0 Å². The van der Waals surface area contributed by atoms with Crippen LogP contribution in [0.25, 0.3) is 0 Å². The molecule has 4 heteroatoms. The molecule has 0 saturated carbocycles. The maximum atomic E-state index is 6.43. The van der Waals surface area contributed by atoms with Crippen LogP contribution in [0, 0.1) is 5.92 Å². The third kappa shape index (κ3) is 3.72. The lowest BCUT2D eigenvalue weighted by atomic mass is 9.85. The molecule has 1 aliphatic heterocycles. The average molecular weight is 346 g/mol. The molecule has 1 heterocycles. The molecule has 0 aromatic heterocycles. The minimum Gasteiger partial charge on any atom is -0.317 e. The van der Waals surface area contributed by atoms with E-state index in [0.29, 0.717) is 12.0 Å². The van der Waals surface area contributed by atoms with Crippen molar-refractivity contribution >= 4 is 27.5 Å². The van der Waals surface area contributed by atoms with Gasteiger partial charge in [0.25, 0.3) is 0 Å². The Balaban J connectivity index is 2.27. The number of hydrogen-bond donors (Lipinski definition) is 1. The number of benzene rings is 1. The number of nitrogens with one attached hydrogen (secondary N) is 1. The van der Waals surface area contributed by atoms with Crippen molar-refractivity contribution in [2.45, 2.75) is 25.8 Å². The van der Waals surface area contributed by atoms with Crippen LogP contribution in [0.3, 0.4) is 0 Å². The van der Waals surface area contributed by atoms with Gasteiger partial charge in [-0.1, -0.05) is 34.5 Å². The summed E-state index contributed by atoms with van der Waals surface area (Å²) in [5.41, 5.74) is 1.25. The number of rotatable bonds is 4. The fourth-order valence-corrected chi connectivity index (χ4v) is 3.64. The predicted molar refractivity (Wildman–Crippen MR) is 85.8 cm³/mol. The Kier molecular flexibility index (Phi) is 5.70. The van der Waals surface area contributed by atoms with Crippen LogP contribution in [0.2, 0.25) is 5.02 Å². The Bertz CT molecular complexity index is 425. The van der Waals surface area contributed by atoms with Crippen LogP contribution in [0.15, 0.2) is 22.7 Å². The molecular formula is C15H22BrClN2. The van der Waals surface area contributed by atoms with Gasteiger partial charge < -0.3 is 5.32 Å². The van der Waals surface area contributed by atoms with Crippen molar-refractivity contribution in [3.8, 4) is 0 Å². The second-order valence-electron chi connectivity index (χ2n) is 5.30. The largest absolute Gasteiger partial charge is 0.317 e. The van der Waals surface area contributed by atoms with Crippen LogP contribution >= 0.6 is 27.5 Å². The van der Waals surface area contributed by atoms with Gasteiger partial charge in [-0.25, -0.2) is 0 Å². The molecule has 0 bridgehead atoms. The van der Waals surface area contributed by atoms with E-state index in [2.05, 4.69) is 46.2 Å². The highest BCUT2D eigenvalue weighted by molar-refractivity contribution is 9.10. The highest BCUT2D eigenvalue weighted by atomic mass is 79.9. The molecule has 1 fully saturated rings. The summed E-state index contributed by atoms with van der Waals surface area (Å²) in [6.45, 7) is 5.40. The zero-order valence-corrected chi connectivity index (χ0v) is 14.0. The second kappa shape index (κ2) is 7.07. The second-order valence-corrected chi connectivity index (χ2v) is 6.62. The standard InChI is InChI=1S/C15H22BrClN2/c1-3-18-10-11-5-4-8-19(2)15(11)13-9-12(16)6-7-14(13)17/h6-7,9,11,15,18H,3-5,8,10H2,1-2H3. The van der Waals surface area contributed by atoms with Gasteiger partial charge in [0, 0.05) is 15.5 Å². The number of piperidine rings is 1. The molecule has 1 aromatic carbocycles. The Morgan fingerprint density at radius 2 is 2.26 bits per heavy atom. The van der Waals surface area contributed by atoms with E-state index in [0.717, 1.165) is 29.1 Å². The first-order valence-electron chi connectivity index (χ1n) is 6.99. The molecular weight excluding hydrogens is 324 g/mol. The first-order chi connectivity index (χ1) is 9.13. The summed E-state index contributed by atoms with van der Waals surface area (Å²) < 4.78 is 1.10. The van der Waals surface area contributed by atoms with Crippen molar-refractivity contribution in [2.24, 2.45) is 5.92 Å². The Morgan fingerprint density at radius 3 is 3.00 bits per heavy atom. The van der Waals surface area contributed by atoms with Crippen molar-refractivity contribution in [3.63, 3.8) is 0 Å². The van der Waals surface area contributed by atoms with Crippen molar-refractivity contribution in [1.29, 1.82) is 0 Å². The van der Waals surface area contributed by atoms with Crippen LogP contribution in [-0.2, 0) is 0 Å². The van der Waals surface area contributed by atoms with Gasteiger partial charge in [-0.15, -0.1) is 0 Å². The molecule has 2 unspecified atom stereocenters. The highest BCUT2D eigenvalue weighted by Gasteiger charge is 2.31. The maximum absolute atomic E-state index is 6.43. The van der Waals surface area contributed by atoms with Gasteiger partial charge in [-0.3, -0.25) is 4.90 Å². The topological polar surface area (TPSA) is 15.3 Å². The minimum atomic E-state index is 0.415. The SMILES string of the molecule is CCNCC1CCCN(C)C1c1cc(Br)ccc1Cl. The van der Waals surface area contributed by atoms with E-state index in [4.69, 9.17) is 11.6 Å². The Hall–Kier alpha value is -0.0900. The average Bonchev–Trinajstić information content (AvgIpc) is 2.39. The van der Waals surface area contributed by atoms with Crippen LogP contribution in [0.4, 0.5) is 0 Å². The van der Waals surface area contributed by atoms with Crippen molar-refractivity contribution in [2.75, 3.05) is 26.7 Å². The number of hydrogen-bond acceptors (Lipinski definition) is 2. The molecule has 1 saturated heterocycles. The number of likely N-dealkylation sites (tertiary alicyclic amines) is 1. The maximum Gasteiger partial charge on any atom is 0.0454 e. The lowest BCUT2D eigenvalue weighted by Gasteiger charge is -2.40. The first-order valence-corrected chi connectivity index (χ1v) is 8.16. The molecule has 1 aliphatic rings. The van der Waals surface area contributed by atoms with E-state index in [9.17, 15) is 0 Å². The molecule has 1 N–H and O–H groups in total. The fraction of sp³-hybridized carbons (Fsp3) is 0.600. The minimum absolute atomic E-state index is 0.415. The van der Waals surface area contributed by atoms with Crippen molar-refractivity contribution < 1.29 is 0 Å². The summed E-state index contributed by atoms with van der Waals surface area (Å²) in [7, 11) is 2.21. The van der Waals surface area contributed by atoms with Crippen LogP contribution in [-0.4, -0.2) is 31.6 Å². The predicted octanol–water partition coefficient (Wildman–Crippen LogP) is 4.09. The van der Waals surface area contributed by atoms with Crippen molar-refractivity contribution in [1.82, 2.24) is 10.2 Å². The summed E-state index contributed by atoms with van der Waals surface area (Å²) in [5, 5.41) is 4.37. The molecule has 19 heavy (non-hydrogen) atoms. The summed E-state index contributed by atoms with van der Waals surface area (Å²) in [6, 6.07) is 6.59. The molecule has 1 aromatic rings. The third-order valence-electron chi connectivity index (χ3n) is 3.94. The Morgan fingerprint density at radius 1 is 1.47 bits per heavy atom. The van der Waals surface area contributed by atoms with Gasteiger partial charge in [0.2, 0.25) is 0 Å². The Labute approximate surface area is 129 Å². The smallest absolute Gasteiger partial charge is 0.0454 e. The molecule has 2 rings (SSSR count). The van der Waals surface area contributed by atoms with Gasteiger partial charge in [-0.05, 0) is 69.2 Å². The summed E-state index contributed by atoms with van der Waals surface area (Å²) in [5.74, 6) is 0.630. The normalized spacial score (nSPS) is 24.6. The van der Waals surface area contributed by atoms with Gasteiger partial charge >= 0.3 is 0 Å². The van der Waals surface area contributed by atoms with Crippen LogP contribution < -0.4 is 5.32 Å². The van der Waals surface area contributed by atoms with Crippen LogP contribution in [0.1, 0.15) is 31.4 Å². The molecule has 106 valence electrons. The zero-order chi connectivity index (χ0) is 13.8.